The molecule has 0 aliphatic rings. The summed E-state index contributed by atoms with van der Waals surface area (Å²) in [6, 6.07) is 0. The first-order chi connectivity index (χ1) is 26.7. The molecule has 0 aromatic heterocycles. The fourth-order valence-electron chi connectivity index (χ4n) is 7.86. The third-order valence-electron chi connectivity index (χ3n) is 11.6. The molecule has 0 N–H and O–H groups in total. The first kappa shape index (κ1) is 52.9. The van der Waals surface area contributed by atoms with Gasteiger partial charge in [0.2, 0.25) is 0 Å². The zero-order valence-electron chi connectivity index (χ0n) is 37.2. The minimum absolute atomic E-state index is 0.322. The van der Waals surface area contributed by atoms with Crippen molar-refractivity contribution in [2.75, 3.05) is 0 Å². The molecule has 0 aliphatic carbocycles. The number of esters is 2. The molecule has 3 nitrogen and oxygen atoms in total. The van der Waals surface area contributed by atoms with Crippen molar-refractivity contribution in [3.8, 4) is 0 Å². The molecular weight excluding hydrogens is 661 g/mol. The van der Waals surface area contributed by atoms with Crippen LogP contribution in [-0.2, 0) is 14.3 Å². The van der Waals surface area contributed by atoms with E-state index in [0.717, 1.165) is 25.7 Å². The summed E-state index contributed by atoms with van der Waals surface area (Å²) in [5.41, 5.74) is 0. The van der Waals surface area contributed by atoms with E-state index in [1.807, 2.05) is 0 Å². The summed E-state index contributed by atoms with van der Waals surface area (Å²) in [4.78, 5) is 24.1. The van der Waals surface area contributed by atoms with Crippen LogP contribution in [0.3, 0.4) is 0 Å². The van der Waals surface area contributed by atoms with E-state index in [2.05, 4.69) is 26.0 Å². The average Bonchev–Trinajstić information content (AvgIpc) is 3.17. The predicted molar refractivity (Wildman–Crippen MR) is 239 cm³/mol. The van der Waals surface area contributed by atoms with Gasteiger partial charge in [-0.05, 0) is 38.5 Å². The van der Waals surface area contributed by atoms with Crippen LogP contribution >= 0.6 is 0 Å². The summed E-state index contributed by atoms with van der Waals surface area (Å²) >= 11 is 0. The van der Waals surface area contributed by atoms with Crippen LogP contribution in [0.5, 0.6) is 0 Å². The van der Waals surface area contributed by atoms with E-state index in [4.69, 9.17) is 4.74 Å². The number of carbonyl (C=O) groups excluding carboxylic acids is 2. The Morgan fingerprint density at radius 2 is 0.463 bits per heavy atom. The van der Waals surface area contributed by atoms with Crippen LogP contribution in [0.1, 0.15) is 303 Å². The monoisotopic (exact) mass is 759 g/mol. The van der Waals surface area contributed by atoms with E-state index in [9.17, 15) is 9.59 Å². The van der Waals surface area contributed by atoms with Crippen LogP contribution in [-0.4, -0.2) is 11.9 Å². The second-order valence-electron chi connectivity index (χ2n) is 17.2. The Morgan fingerprint density at radius 3 is 0.685 bits per heavy atom. The van der Waals surface area contributed by atoms with Gasteiger partial charge in [-0.3, -0.25) is 9.59 Å². The van der Waals surface area contributed by atoms with Gasteiger partial charge >= 0.3 is 11.9 Å². The zero-order valence-corrected chi connectivity index (χ0v) is 37.2. The average molecular weight is 759 g/mol. The van der Waals surface area contributed by atoms with E-state index < -0.39 is 0 Å². The number of ether oxygens (including phenoxy) is 1. The van der Waals surface area contributed by atoms with Gasteiger partial charge in [-0.25, -0.2) is 0 Å². The van der Waals surface area contributed by atoms with Crippen molar-refractivity contribution < 1.29 is 14.3 Å². The first-order valence-corrected chi connectivity index (χ1v) is 25.1. The summed E-state index contributed by atoms with van der Waals surface area (Å²) in [5, 5.41) is 0. The Morgan fingerprint density at radius 1 is 0.278 bits per heavy atom. The van der Waals surface area contributed by atoms with Crippen molar-refractivity contribution in [2.45, 2.75) is 303 Å². The van der Waals surface area contributed by atoms with E-state index in [-0.39, 0.29) is 11.9 Å². The first-order valence-electron chi connectivity index (χ1n) is 25.1. The molecule has 0 aromatic carbocycles. The van der Waals surface area contributed by atoms with Gasteiger partial charge in [0, 0.05) is 12.8 Å². The third kappa shape index (κ3) is 47.0. The smallest absolute Gasteiger partial charge is 0.313 e. The normalized spacial score (nSPS) is 11.6. The van der Waals surface area contributed by atoms with Crippen molar-refractivity contribution in [3.05, 3.63) is 12.2 Å². The van der Waals surface area contributed by atoms with Gasteiger partial charge in [-0.2, -0.15) is 0 Å². The molecule has 0 saturated heterocycles. The summed E-state index contributed by atoms with van der Waals surface area (Å²) in [5.74, 6) is -0.645. The standard InChI is InChI=1S/C51H98O3/c1-3-5-7-9-11-13-15-17-19-21-23-24-25-26-27-28-29-31-33-35-37-39-41-43-45-47-49-51(53)54-50(52)48-46-44-42-40-38-36-34-32-30-22-20-18-16-14-12-10-8-6-4-2/h18,20H,3-17,19,21-49H2,1-2H3/b20-18-. The summed E-state index contributed by atoms with van der Waals surface area (Å²) in [6.07, 6.45) is 63.3. The number of rotatable bonds is 46. The van der Waals surface area contributed by atoms with Crippen molar-refractivity contribution in [3.63, 3.8) is 0 Å². The highest BCUT2D eigenvalue weighted by Crippen LogP contribution is 2.17. The molecule has 54 heavy (non-hydrogen) atoms. The van der Waals surface area contributed by atoms with Crippen molar-refractivity contribution in [1.29, 1.82) is 0 Å². The molecule has 0 rings (SSSR count). The zero-order chi connectivity index (χ0) is 39.1. The lowest BCUT2D eigenvalue weighted by Gasteiger charge is -2.05. The lowest BCUT2D eigenvalue weighted by atomic mass is 10.0. The SMILES string of the molecule is CCCCCCCC/C=C\CCCCCCCCCCCC(=O)OC(=O)CCCCCCCCCCCCCCCCCCCCCCCCCCCC. The molecule has 320 valence electrons. The lowest BCUT2D eigenvalue weighted by molar-refractivity contribution is -0.159. The van der Waals surface area contributed by atoms with Gasteiger partial charge in [0.25, 0.3) is 0 Å². The molecule has 0 saturated carbocycles. The predicted octanol–water partition coefficient (Wildman–Crippen LogP) is 18.2. The molecule has 3 heteroatoms. The molecule has 0 radical (unpaired) electrons. The molecule has 0 aromatic rings. The number of unbranched alkanes of at least 4 members (excludes halogenated alkanes) is 40. The maximum absolute atomic E-state index is 12.0. The van der Waals surface area contributed by atoms with E-state index in [0.29, 0.717) is 12.8 Å². The van der Waals surface area contributed by atoms with Crippen LogP contribution in [0.4, 0.5) is 0 Å². The molecule has 0 spiro atoms. The molecule has 0 atom stereocenters. The van der Waals surface area contributed by atoms with Gasteiger partial charge in [-0.1, -0.05) is 264 Å². The van der Waals surface area contributed by atoms with Crippen LogP contribution in [0.15, 0.2) is 12.2 Å². The van der Waals surface area contributed by atoms with E-state index in [1.165, 1.54) is 250 Å². The van der Waals surface area contributed by atoms with Crippen molar-refractivity contribution in [1.82, 2.24) is 0 Å². The van der Waals surface area contributed by atoms with Crippen LogP contribution in [0.25, 0.3) is 0 Å². The summed E-state index contributed by atoms with van der Waals surface area (Å²) in [6.45, 7) is 4.58. The highest BCUT2D eigenvalue weighted by Gasteiger charge is 2.10. The van der Waals surface area contributed by atoms with Crippen molar-refractivity contribution in [2.24, 2.45) is 0 Å². The van der Waals surface area contributed by atoms with E-state index in [1.54, 1.807) is 0 Å². The van der Waals surface area contributed by atoms with Crippen molar-refractivity contribution >= 4 is 11.9 Å². The third-order valence-corrected chi connectivity index (χ3v) is 11.6. The fourth-order valence-corrected chi connectivity index (χ4v) is 7.86. The van der Waals surface area contributed by atoms with Crippen LogP contribution < -0.4 is 0 Å². The van der Waals surface area contributed by atoms with E-state index >= 15 is 0 Å². The highest BCUT2D eigenvalue weighted by molar-refractivity contribution is 5.85. The number of hydrogen-bond acceptors (Lipinski definition) is 3. The molecule has 0 aliphatic heterocycles. The molecule has 0 amide bonds. The Bertz CT molecular complexity index is 758. The Labute approximate surface area is 340 Å². The number of allylic oxidation sites excluding steroid dienone is 2. The minimum atomic E-state index is -0.323. The van der Waals surface area contributed by atoms with Gasteiger partial charge in [-0.15, -0.1) is 0 Å². The second kappa shape index (κ2) is 48.0. The maximum Gasteiger partial charge on any atom is 0.313 e. The quantitative estimate of drug-likeness (QED) is 0.0269. The van der Waals surface area contributed by atoms with Crippen LogP contribution in [0.2, 0.25) is 0 Å². The maximum atomic E-state index is 12.0. The molecule has 0 unspecified atom stereocenters. The lowest BCUT2D eigenvalue weighted by Crippen LogP contribution is -2.11. The summed E-state index contributed by atoms with van der Waals surface area (Å²) < 4.78 is 5.06. The minimum Gasteiger partial charge on any atom is -0.393 e. The molecule has 0 bridgehead atoms. The molecule has 0 heterocycles. The Hall–Kier alpha value is -1.12. The molecule has 0 fully saturated rings. The summed E-state index contributed by atoms with van der Waals surface area (Å²) in [7, 11) is 0. The second-order valence-corrected chi connectivity index (χ2v) is 17.2. The molecular formula is C51H98O3. The topological polar surface area (TPSA) is 43.4 Å². The van der Waals surface area contributed by atoms with Gasteiger partial charge in [0.1, 0.15) is 0 Å². The fraction of sp³-hybridized carbons (Fsp3) is 0.922. The number of carbonyl (C=O) groups is 2. The van der Waals surface area contributed by atoms with Gasteiger partial charge in [0.15, 0.2) is 0 Å². The Balaban J connectivity index is 3.26. The largest absolute Gasteiger partial charge is 0.393 e. The van der Waals surface area contributed by atoms with Gasteiger partial charge < -0.3 is 4.74 Å². The highest BCUT2D eigenvalue weighted by atomic mass is 16.6. The van der Waals surface area contributed by atoms with Crippen LogP contribution in [0, 0.1) is 0 Å². The Kier molecular flexibility index (Phi) is 47.0. The number of hydrogen-bond donors (Lipinski definition) is 0. The van der Waals surface area contributed by atoms with Gasteiger partial charge in [0.05, 0.1) is 0 Å².